The number of rotatable bonds is 4. The van der Waals surface area contributed by atoms with Gasteiger partial charge in [-0.25, -0.2) is 0 Å². The highest BCUT2D eigenvalue weighted by Crippen LogP contribution is 2.37. The van der Waals surface area contributed by atoms with E-state index in [1.165, 1.54) is 0 Å². The number of halogens is 1. The van der Waals surface area contributed by atoms with E-state index in [9.17, 15) is 5.11 Å². The van der Waals surface area contributed by atoms with Gasteiger partial charge in [-0.15, -0.1) is 0 Å². The Balaban J connectivity index is 2.31. The maximum absolute atomic E-state index is 10.9. The maximum Gasteiger partial charge on any atom is 0.206 e. The third-order valence-electron chi connectivity index (χ3n) is 4.09. The van der Waals surface area contributed by atoms with E-state index in [0.29, 0.717) is 22.0 Å². The Morgan fingerprint density at radius 1 is 1.21 bits per heavy atom. The van der Waals surface area contributed by atoms with Crippen molar-refractivity contribution < 1.29 is 9.84 Å². The molecule has 1 heterocycles. The minimum Gasteiger partial charge on any atom is -0.495 e. The molecule has 5 heteroatoms. The number of benzene rings is 2. The largest absolute Gasteiger partial charge is 0.495 e. The van der Waals surface area contributed by atoms with Crippen LogP contribution >= 0.6 is 11.6 Å². The van der Waals surface area contributed by atoms with E-state index < -0.39 is 0 Å². The molecule has 0 fully saturated rings. The number of hydrogen-bond acceptors (Lipinski definition) is 3. The Kier molecular flexibility index (Phi) is 4.24. The van der Waals surface area contributed by atoms with Gasteiger partial charge in [0.2, 0.25) is 5.88 Å². The number of para-hydroxylation sites is 1. The van der Waals surface area contributed by atoms with Gasteiger partial charge in [-0.05, 0) is 30.2 Å². The molecule has 1 aromatic heterocycles. The zero-order chi connectivity index (χ0) is 17.4. The second kappa shape index (κ2) is 6.21. The molecule has 124 valence electrons. The number of aromatic hydroxyl groups is 1. The van der Waals surface area contributed by atoms with Gasteiger partial charge in [-0.3, -0.25) is 4.57 Å². The summed E-state index contributed by atoms with van der Waals surface area (Å²) in [5, 5.41) is 20.5. The summed E-state index contributed by atoms with van der Waals surface area (Å²) in [4.78, 5) is 0. The Morgan fingerprint density at radius 3 is 2.54 bits per heavy atom. The number of fused-ring (bicyclic) bond motifs is 1. The average molecular weight is 343 g/mol. The zero-order valence-electron chi connectivity index (χ0n) is 13.8. The quantitative estimate of drug-likeness (QED) is 0.654. The third-order valence-corrected chi connectivity index (χ3v) is 4.39. The first-order valence-corrected chi connectivity index (χ1v) is 8.08. The van der Waals surface area contributed by atoms with Crippen LogP contribution in [0, 0.1) is 11.3 Å². The zero-order valence-corrected chi connectivity index (χ0v) is 14.6. The van der Waals surface area contributed by atoms with Crippen LogP contribution in [0.15, 0.2) is 42.5 Å². The van der Waals surface area contributed by atoms with Crippen molar-refractivity contribution in [2.75, 3.05) is 7.11 Å². The molecule has 0 aliphatic rings. The molecule has 0 aliphatic heterocycles. The summed E-state index contributed by atoms with van der Waals surface area (Å²) in [5.74, 6) is 0.636. The Bertz CT molecular complexity index is 929. The Morgan fingerprint density at radius 2 is 1.92 bits per heavy atom. The standard InChI is InChI=1S/C19H19ClN2O2/c1-11(2)18(21)17-13-6-4-5-7-15(13)22(19(17)23)12-8-9-16(24-3)14(20)10-12/h4-11,21,23H,1-3H3. The van der Waals surface area contributed by atoms with Crippen LogP contribution in [0.25, 0.3) is 16.6 Å². The summed E-state index contributed by atoms with van der Waals surface area (Å²) in [6.45, 7) is 3.89. The van der Waals surface area contributed by atoms with Crippen molar-refractivity contribution in [3.05, 3.63) is 53.1 Å². The van der Waals surface area contributed by atoms with Crippen LogP contribution in [0.2, 0.25) is 5.02 Å². The van der Waals surface area contributed by atoms with Gasteiger partial charge in [0.05, 0.1) is 28.9 Å². The van der Waals surface area contributed by atoms with Crippen molar-refractivity contribution >= 4 is 28.2 Å². The van der Waals surface area contributed by atoms with Crippen molar-refractivity contribution in [1.29, 1.82) is 5.41 Å². The average Bonchev–Trinajstić information content (AvgIpc) is 2.85. The Hall–Kier alpha value is -2.46. The van der Waals surface area contributed by atoms with Gasteiger partial charge in [-0.2, -0.15) is 0 Å². The monoisotopic (exact) mass is 342 g/mol. The van der Waals surface area contributed by atoms with Crippen molar-refractivity contribution in [2.24, 2.45) is 5.92 Å². The summed E-state index contributed by atoms with van der Waals surface area (Å²) in [7, 11) is 1.56. The van der Waals surface area contributed by atoms with E-state index in [-0.39, 0.29) is 11.8 Å². The van der Waals surface area contributed by atoms with Crippen LogP contribution in [0.4, 0.5) is 0 Å². The lowest BCUT2D eigenvalue weighted by Gasteiger charge is -2.11. The molecule has 0 saturated carbocycles. The van der Waals surface area contributed by atoms with Crippen molar-refractivity contribution in [2.45, 2.75) is 13.8 Å². The number of ether oxygens (including phenoxy) is 1. The molecule has 0 unspecified atom stereocenters. The van der Waals surface area contributed by atoms with Crippen LogP contribution in [0.1, 0.15) is 19.4 Å². The summed E-state index contributed by atoms with van der Waals surface area (Å²) in [6, 6.07) is 13.0. The molecular formula is C19H19ClN2O2. The van der Waals surface area contributed by atoms with Crippen molar-refractivity contribution in [3.8, 4) is 17.3 Å². The molecule has 3 rings (SSSR count). The molecule has 4 nitrogen and oxygen atoms in total. The first kappa shape index (κ1) is 16.4. The van der Waals surface area contributed by atoms with Gasteiger partial charge in [-0.1, -0.05) is 43.6 Å². The fourth-order valence-corrected chi connectivity index (χ4v) is 3.09. The van der Waals surface area contributed by atoms with Gasteiger partial charge >= 0.3 is 0 Å². The molecule has 0 atom stereocenters. The number of aromatic nitrogens is 1. The highest BCUT2D eigenvalue weighted by molar-refractivity contribution is 6.32. The van der Waals surface area contributed by atoms with E-state index >= 15 is 0 Å². The van der Waals surface area contributed by atoms with Gasteiger partial charge in [0.15, 0.2) is 0 Å². The van der Waals surface area contributed by atoms with Crippen LogP contribution < -0.4 is 4.74 Å². The summed E-state index contributed by atoms with van der Waals surface area (Å²) in [5.41, 5.74) is 2.52. The van der Waals surface area contributed by atoms with E-state index in [1.54, 1.807) is 23.8 Å². The highest BCUT2D eigenvalue weighted by atomic mass is 35.5. The number of methoxy groups -OCH3 is 1. The van der Waals surface area contributed by atoms with E-state index in [1.807, 2.05) is 44.2 Å². The van der Waals surface area contributed by atoms with Crippen molar-refractivity contribution in [1.82, 2.24) is 4.57 Å². The molecule has 0 radical (unpaired) electrons. The molecule has 0 bridgehead atoms. The molecule has 2 aromatic carbocycles. The minimum atomic E-state index is 0.00890. The number of nitrogens with zero attached hydrogens (tertiary/aromatic N) is 1. The van der Waals surface area contributed by atoms with Crippen molar-refractivity contribution in [3.63, 3.8) is 0 Å². The second-order valence-corrected chi connectivity index (χ2v) is 6.35. The first-order chi connectivity index (χ1) is 11.5. The summed E-state index contributed by atoms with van der Waals surface area (Å²) in [6.07, 6.45) is 0. The van der Waals surface area contributed by atoms with E-state index in [4.69, 9.17) is 21.7 Å². The van der Waals surface area contributed by atoms with Crippen LogP contribution in [-0.4, -0.2) is 22.5 Å². The van der Waals surface area contributed by atoms with Crippen LogP contribution in [0.5, 0.6) is 11.6 Å². The SMILES string of the molecule is COc1ccc(-n2c(O)c(C(=N)C(C)C)c3ccccc32)cc1Cl. The topological polar surface area (TPSA) is 58.2 Å². The molecule has 0 aliphatic carbocycles. The molecule has 0 saturated heterocycles. The second-order valence-electron chi connectivity index (χ2n) is 5.94. The fourth-order valence-electron chi connectivity index (χ4n) is 2.84. The molecule has 0 amide bonds. The first-order valence-electron chi connectivity index (χ1n) is 7.70. The molecule has 3 aromatic rings. The highest BCUT2D eigenvalue weighted by Gasteiger charge is 2.22. The molecular weight excluding hydrogens is 324 g/mol. The fraction of sp³-hybridized carbons (Fsp3) is 0.211. The van der Waals surface area contributed by atoms with E-state index in [2.05, 4.69) is 0 Å². The number of hydrogen-bond donors (Lipinski definition) is 2. The predicted octanol–water partition coefficient (Wildman–Crippen LogP) is 5.02. The number of nitrogens with one attached hydrogen (secondary N) is 1. The van der Waals surface area contributed by atoms with Crippen LogP contribution in [0.3, 0.4) is 0 Å². The molecule has 24 heavy (non-hydrogen) atoms. The van der Waals surface area contributed by atoms with Gasteiger partial charge in [0.25, 0.3) is 0 Å². The Labute approximate surface area is 145 Å². The predicted molar refractivity (Wildman–Crippen MR) is 98.2 cm³/mol. The maximum atomic E-state index is 10.9. The van der Waals surface area contributed by atoms with E-state index in [0.717, 1.165) is 16.6 Å². The van der Waals surface area contributed by atoms with Gasteiger partial charge < -0.3 is 15.3 Å². The van der Waals surface area contributed by atoms with Gasteiger partial charge in [0, 0.05) is 11.1 Å². The summed E-state index contributed by atoms with van der Waals surface area (Å²) >= 11 is 6.24. The van der Waals surface area contributed by atoms with Crippen LogP contribution in [-0.2, 0) is 0 Å². The van der Waals surface area contributed by atoms with Gasteiger partial charge in [0.1, 0.15) is 5.75 Å². The third kappa shape index (κ3) is 2.53. The normalized spacial score (nSPS) is 11.2. The lowest BCUT2D eigenvalue weighted by atomic mass is 9.99. The lowest BCUT2D eigenvalue weighted by Crippen LogP contribution is -2.07. The minimum absolute atomic E-state index is 0.00890. The molecule has 0 spiro atoms. The summed E-state index contributed by atoms with van der Waals surface area (Å²) < 4.78 is 6.91. The molecule has 2 N–H and O–H groups in total. The lowest BCUT2D eigenvalue weighted by molar-refractivity contribution is 0.414. The smallest absolute Gasteiger partial charge is 0.206 e.